The van der Waals surface area contributed by atoms with Crippen LogP contribution in [0.5, 0.6) is 5.75 Å². The molecule has 5 nitrogen and oxygen atoms in total. The molecule has 1 aliphatic carbocycles. The fourth-order valence-corrected chi connectivity index (χ4v) is 6.61. The van der Waals surface area contributed by atoms with Crippen LogP contribution in [0.1, 0.15) is 56.3 Å². The van der Waals surface area contributed by atoms with Crippen molar-refractivity contribution < 1.29 is 19.0 Å². The highest BCUT2D eigenvalue weighted by Gasteiger charge is 2.48. The first-order valence-corrected chi connectivity index (χ1v) is 12.5. The summed E-state index contributed by atoms with van der Waals surface area (Å²) in [5.41, 5.74) is 3.76. The lowest BCUT2D eigenvalue weighted by atomic mass is 9.79. The van der Waals surface area contributed by atoms with Crippen molar-refractivity contribution in [3.05, 3.63) is 52.8 Å². The quantitative estimate of drug-likeness (QED) is 0.650. The molecular weight excluding hydrogens is 431 g/mol. The lowest BCUT2D eigenvalue weighted by Gasteiger charge is -2.53. The van der Waals surface area contributed by atoms with E-state index in [-0.39, 0.29) is 17.3 Å². The molecule has 34 heavy (non-hydrogen) atoms. The molecule has 0 spiro atoms. The third-order valence-corrected chi connectivity index (χ3v) is 8.16. The van der Waals surface area contributed by atoms with Crippen molar-refractivity contribution in [3.63, 3.8) is 0 Å². The van der Waals surface area contributed by atoms with Crippen LogP contribution in [-0.2, 0) is 6.42 Å². The minimum atomic E-state index is -1.14. The Hall–Kier alpha value is -2.60. The van der Waals surface area contributed by atoms with Crippen LogP contribution in [0.3, 0.4) is 0 Å². The number of nitrogens with zero attached hydrogens (tertiary/aromatic N) is 2. The summed E-state index contributed by atoms with van der Waals surface area (Å²) in [4.78, 5) is 16.5. The minimum absolute atomic E-state index is 0.0979. The molecule has 6 rings (SSSR count). The Balaban J connectivity index is 1.54. The van der Waals surface area contributed by atoms with E-state index in [9.17, 15) is 9.90 Å². The number of amides is 1. The Labute approximate surface area is 201 Å². The Bertz CT molecular complexity index is 1110. The predicted molar refractivity (Wildman–Crippen MR) is 128 cm³/mol. The molecule has 3 saturated heterocycles. The number of carbonyl (C=O) groups excluding carboxylic acids is 1. The van der Waals surface area contributed by atoms with Gasteiger partial charge in [-0.25, -0.2) is 4.39 Å². The summed E-state index contributed by atoms with van der Waals surface area (Å²) in [7, 11) is 0. The number of hydrogen-bond donors (Lipinski definition) is 0. The maximum Gasteiger partial charge on any atom is 0.137 e. The first kappa shape index (κ1) is 23.2. The van der Waals surface area contributed by atoms with Crippen molar-refractivity contribution in [2.75, 3.05) is 26.2 Å². The average Bonchev–Trinajstić information content (AvgIpc) is 3.05. The molecule has 3 aliphatic heterocycles. The van der Waals surface area contributed by atoms with Crippen LogP contribution in [0.25, 0.3) is 11.1 Å². The summed E-state index contributed by atoms with van der Waals surface area (Å²) in [6.07, 6.45) is 1.58. The van der Waals surface area contributed by atoms with Gasteiger partial charge in [0.25, 0.3) is 0 Å². The average molecular weight is 466 g/mol. The number of rotatable bonds is 5. The molecule has 0 unspecified atom stereocenters. The molecule has 2 aromatic carbocycles. The SMILES string of the molecule is CCOc1ccc(-c2cc3c(cc2F)[C@H](N(C(=O)[O-])[C@@H]2CN4CCC2CC4)C(C)(C)C3)cc1C. The molecular formula is C28H34FN2O3-. The van der Waals surface area contributed by atoms with Gasteiger partial charge in [0.2, 0.25) is 0 Å². The van der Waals surface area contributed by atoms with Gasteiger partial charge >= 0.3 is 0 Å². The summed E-state index contributed by atoms with van der Waals surface area (Å²) in [5, 5.41) is 12.5. The summed E-state index contributed by atoms with van der Waals surface area (Å²) in [5.74, 6) is 0.826. The molecule has 2 bridgehead atoms. The third-order valence-electron chi connectivity index (χ3n) is 8.16. The van der Waals surface area contributed by atoms with Gasteiger partial charge in [-0.3, -0.25) is 0 Å². The van der Waals surface area contributed by atoms with Gasteiger partial charge in [-0.2, -0.15) is 0 Å². The van der Waals surface area contributed by atoms with Crippen molar-refractivity contribution in [3.8, 4) is 16.9 Å². The van der Waals surface area contributed by atoms with Gasteiger partial charge in [-0.1, -0.05) is 19.9 Å². The van der Waals surface area contributed by atoms with Gasteiger partial charge in [-0.05, 0) is 104 Å². The van der Waals surface area contributed by atoms with Crippen molar-refractivity contribution in [1.29, 1.82) is 0 Å². The van der Waals surface area contributed by atoms with E-state index in [1.807, 2.05) is 38.1 Å². The Morgan fingerprint density at radius 3 is 2.56 bits per heavy atom. The minimum Gasteiger partial charge on any atom is -0.530 e. The lowest BCUT2D eigenvalue weighted by molar-refractivity contribution is -0.276. The van der Waals surface area contributed by atoms with Crippen LogP contribution in [0.4, 0.5) is 9.18 Å². The Morgan fingerprint density at radius 1 is 1.24 bits per heavy atom. The fraction of sp³-hybridized carbons (Fsp3) is 0.536. The van der Waals surface area contributed by atoms with E-state index >= 15 is 4.39 Å². The van der Waals surface area contributed by atoms with Crippen molar-refractivity contribution in [2.24, 2.45) is 11.3 Å². The molecule has 0 N–H and O–H groups in total. The standard InChI is InChI=1S/C28H35FN2O3/c1-5-34-25-7-6-19(12-17(25)2)21-13-20-15-28(3,4)26(22(20)14-23(21)29)31(27(32)33)24-16-30-10-8-18(24)9-11-30/h6-7,12-14,18,24,26H,5,8-11,15-16H2,1-4H3,(H,32,33)/p-1/t24-,26+/m1/s1. The van der Waals surface area contributed by atoms with Gasteiger partial charge in [-0.15, -0.1) is 0 Å². The highest BCUT2D eigenvalue weighted by Crippen LogP contribution is 2.52. The van der Waals surface area contributed by atoms with E-state index in [0.29, 0.717) is 24.5 Å². The summed E-state index contributed by atoms with van der Waals surface area (Å²) in [6, 6.07) is 8.72. The number of fused-ring (bicyclic) bond motifs is 4. The topological polar surface area (TPSA) is 55.8 Å². The summed E-state index contributed by atoms with van der Waals surface area (Å²) < 4.78 is 21.2. The molecule has 4 aliphatic rings. The molecule has 3 heterocycles. The highest BCUT2D eigenvalue weighted by atomic mass is 19.1. The molecule has 0 saturated carbocycles. The van der Waals surface area contributed by atoms with Crippen LogP contribution >= 0.6 is 0 Å². The van der Waals surface area contributed by atoms with Gasteiger partial charge in [0, 0.05) is 18.2 Å². The third kappa shape index (κ3) is 3.86. The van der Waals surface area contributed by atoms with Crippen LogP contribution in [0.2, 0.25) is 0 Å². The van der Waals surface area contributed by atoms with E-state index in [1.54, 1.807) is 11.0 Å². The molecule has 1 amide bonds. The first-order chi connectivity index (χ1) is 16.2. The summed E-state index contributed by atoms with van der Waals surface area (Å²) >= 11 is 0. The second-order valence-corrected chi connectivity index (χ2v) is 10.9. The van der Waals surface area contributed by atoms with Gasteiger partial charge in [0.15, 0.2) is 0 Å². The number of carboxylic acid groups (broad SMARTS) is 1. The van der Waals surface area contributed by atoms with Crippen molar-refractivity contribution in [2.45, 2.75) is 59.0 Å². The van der Waals surface area contributed by atoms with Crippen LogP contribution < -0.4 is 9.84 Å². The molecule has 6 heteroatoms. The van der Waals surface area contributed by atoms with Crippen molar-refractivity contribution >= 4 is 6.09 Å². The monoisotopic (exact) mass is 465 g/mol. The number of piperidine rings is 3. The zero-order chi connectivity index (χ0) is 24.2. The van der Waals surface area contributed by atoms with Gasteiger partial charge in [0.1, 0.15) is 17.7 Å². The Kier molecular flexibility index (Phi) is 5.83. The highest BCUT2D eigenvalue weighted by molar-refractivity contribution is 5.70. The molecule has 0 aromatic heterocycles. The largest absolute Gasteiger partial charge is 0.530 e. The molecule has 182 valence electrons. The van der Waals surface area contributed by atoms with E-state index in [2.05, 4.69) is 18.7 Å². The Morgan fingerprint density at radius 2 is 1.97 bits per heavy atom. The second kappa shape index (κ2) is 8.56. The fourth-order valence-electron chi connectivity index (χ4n) is 6.61. The number of ether oxygens (including phenoxy) is 1. The normalized spacial score (nSPS) is 26.9. The summed E-state index contributed by atoms with van der Waals surface area (Å²) in [6.45, 7) is 11.5. The second-order valence-electron chi connectivity index (χ2n) is 10.9. The van der Waals surface area contributed by atoms with E-state index in [4.69, 9.17) is 4.74 Å². The smallest absolute Gasteiger partial charge is 0.137 e. The zero-order valence-corrected chi connectivity index (χ0v) is 20.6. The maximum atomic E-state index is 15.6. The molecule has 2 aromatic rings. The van der Waals surface area contributed by atoms with Gasteiger partial charge < -0.3 is 24.4 Å². The van der Waals surface area contributed by atoms with E-state index < -0.39 is 12.1 Å². The van der Waals surface area contributed by atoms with Crippen LogP contribution in [0.15, 0.2) is 30.3 Å². The maximum absolute atomic E-state index is 15.6. The number of carbonyl (C=O) groups is 1. The van der Waals surface area contributed by atoms with Gasteiger partial charge in [0.05, 0.1) is 12.6 Å². The van der Waals surface area contributed by atoms with E-state index in [0.717, 1.165) is 60.5 Å². The number of aryl methyl sites for hydroxylation is 1. The number of benzene rings is 2. The first-order valence-electron chi connectivity index (χ1n) is 12.5. The molecule has 3 fully saturated rings. The van der Waals surface area contributed by atoms with E-state index in [1.165, 1.54) is 0 Å². The van der Waals surface area contributed by atoms with Crippen LogP contribution in [0, 0.1) is 24.1 Å². The molecule has 2 atom stereocenters. The van der Waals surface area contributed by atoms with Crippen molar-refractivity contribution in [1.82, 2.24) is 9.80 Å². The predicted octanol–water partition coefficient (Wildman–Crippen LogP) is 4.56. The number of halogens is 1. The zero-order valence-electron chi connectivity index (χ0n) is 20.6. The molecule has 0 radical (unpaired) electrons. The van der Waals surface area contributed by atoms with Crippen LogP contribution in [-0.4, -0.2) is 48.2 Å². The lowest BCUT2D eigenvalue weighted by Crippen LogP contribution is -2.62. The number of hydrogen-bond acceptors (Lipinski definition) is 4.